The fourth-order valence-electron chi connectivity index (χ4n) is 4.86. The van der Waals surface area contributed by atoms with Gasteiger partial charge in [0.15, 0.2) is 0 Å². The van der Waals surface area contributed by atoms with Crippen molar-refractivity contribution < 1.29 is 4.79 Å². The fourth-order valence-corrected chi connectivity index (χ4v) is 4.86. The number of hydrogen-bond acceptors (Lipinski definition) is 5. The van der Waals surface area contributed by atoms with Crippen molar-refractivity contribution in [3.8, 4) is 0 Å². The summed E-state index contributed by atoms with van der Waals surface area (Å²) in [7, 11) is 0. The number of amides is 1. The molecule has 2 aromatic heterocycles. The SMILES string of the molecule is O=C(CCCn1cncn1)N1CCCC2(CCc3c2nc(C2CC2)[nH]c3=O)C1. The summed E-state index contributed by atoms with van der Waals surface area (Å²) < 4.78 is 1.76. The molecule has 1 aliphatic heterocycles. The van der Waals surface area contributed by atoms with Crippen LogP contribution in [0.3, 0.4) is 0 Å². The Morgan fingerprint density at radius 1 is 1.32 bits per heavy atom. The second-order valence-corrected chi connectivity index (χ2v) is 8.51. The lowest BCUT2D eigenvalue weighted by molar-refractivity contribution is -0.133. The second kappa shape index (κ2) is 6.83. The van der Waals surface area contributed by atoms with Gasteiger partial charge in [-0.3, -0.25) is 14.3 Å². The fraction of sp³-hybridized carbons (Fsp3) is 0.650. The molecule has 0 bridgehead atoms. The Kier molecular flexibility index (Phi) is 4.29. The number of H-pyrrole nitrogens is 1. The molecule has 3 aliphatic rings. The average Bonchev–Trinajstić information content (AvgIpc) is 3.32. The van der Waals surface area contributed by atoms with Crippen molar-refractivity contribution in [3.63, 3.8) is 0 Å². The molecule has 8 nitrogen and oxygen atoms in total. The van der Waals surface area contributed by atoms with Crippen molar-refractivity contribution >= 4 is 5.91 Å². The van der Waals surface area contributed by atoms with Crippen LogP contribution in [0.2, 0.25) is 0 Å². The third-order valence-electron chi connectivity index (χ3n) is 6.53. The Labute approximate surface area is 163 Å². The van der Waals surface area contributed by atoms with Crippen molar-refractivity contribution in [2.75, 3.05) is 13.1 Å². The van der Waals surface area contributed by atoms with Crippen LogP contribution >= 0.6 is 0 Å². The molecule has 1 N–H and O–H groups in total. The lowest BCUT2D eigenvalue weighted by atomic mass is 9.77. The number of carbonyl (C=O) groups is 1. The zero-order valence-corrected chi connectivity index (χ0v) is 16.1. The third kappa shape index (κ3) is 3.14. The molecule has 2 aromatic rings. The number of aromatic nitrogens is 5. The summed E-state index contributed by atoms with van der Waals surface area (Å²) in [6, 6.07) is 0. The monoisotopic (exact) mass is 382 g/mol. The van der Waals surface area contributed by atoms with E-state index in [4.69, 9.17) is 4.98 Å². The smallest absolute Gasteiger partial charge is 0.254 e. The van der Waals surface area contributed by atoms with Crippen LogP contribution in [-0.2, 0) is 23.2 Å². The van der Waals surface area contributed by atoms with Gasteiger partial charge in [0.2, 0.25) is 5.91 Å². The highest BCUT2D eigenvalue weighted by Crippen LogP contribution is 2.45. The van der Waals surface area contributed by atoms with Crippen molar-refractivity contribution in [1.29, 1.82) is 0 Å². The minimum atomic E-state index is -0.132. The van der Waals surface area contributed by atoms with E-state index in [1.54, 1.807) is 11.0 Å². The highest BCUT2D eigenvalue weighted by Gasteiger charge is 2.46. The minimum absolute atomic E-state index is 0.0417. The van der Waals surface area contributed by atoms with Crippen LogP contribution in [0.5, 0.6) is 0 Å². The molecular weight excluding hydrogens is 356 g/mol. The lowest BCUT2D eigenvalue weighted by Gasteiger charge is -2.40. The van der Waals surface area contributed by atoms with E-state index in [1.807, 2.05) is 4.90 Å². The molecule has 3 heterocycles. The number of likely N-dealkylation sites (tertiary alicyclic amines) is 1. The molecule has 8 heteroatoms. The molecule has 2 aliphatic carbocycles. The Balaban J connectivity index is 1.31. The van der Waals surface area contributed by atoms with Crippen molar-refractivity contribution in [3.05, 3.63) is 40.1 Å². The normalized spacial score (nSPS) is 23.9. The van der Waals surface area contributed by atoms with Gasteiger partial charge in [0.05, 0.1) is 5.69 Å². The molecular formula is C20H26N6O2. The number of carbonyl (C=O) groups excluding carboxylic acids is 1. The Morgan fingerprint density at radius 2 is 2.21 bits per heavy atom. The Hall–Kier alpha value is -2.51. The van der Waals surface area contributed by atoms with E-state index in [2.05, 4.69) is 15.1 Å². The van der Waals surface area contributed by atoms with Gasteiger partial charge in [-0.25, -0.2) is 9.97 Å². The summed E-state index contributed by atoms with van der Waals surface area (Å²) in [6.45, 7) is 2.20. The molecule has 1 atom stereocenters. The maximum absolute atomic E-state index is 12.8. The molecule has 1 amide bonds. The maximum Gasteiger partial charge on any atom is 0.254 e. The number of nitrogens with zero attached hydrogens (tertiary/aromatic N) is 5. The summed E-state index contributed by atoms with van der Waals surface area (Å²) in [6.07, 6.45) is 10.4. The summed E-state index contributed by atoms with van der Waals surface area (Å²) in [4.78, 5) is 39.3. The summed E-state index contributed by atoms with van der Waals surface area (Å²) in [5, 5.41) is 4.08. The molecule has 1 saturated carbocycles. The van der Waals surface area contributed by atoms with Gasteiger partial charge >= 0.3 is 0 Å². The van der Waals surface area contributed by atoms with Gasteiger partial charge in [-0.05, 0) is 44.9 Å². The van der Waals surface area contributed by atoms with Crippen LogP contribution in [0.4, 0.5) is 0 Å². The zero-order valence-electron chi connectivity index (χ0n) is 16.1. The topological polar surface area (TPSA) is 96.8 Å². The first-order valence-electron chi connectivity index (χ1n) is 10.4. The van der Waals surface area contributed by atoms with E-state index < -0.39 is 0 Å². The van der Waals surface area contributed by atoms with Gasteiger partial charge < -0.3 is 9.88 Å². The van der Waals surface area contributed by atoms with E-state index in [9.17, 15) is 9.59 Å². The van der Waals surface area contributed by atoms with Gasteiger partial charge in [0, 0.05) is 43.0 Å². The van der Waals surface area contributed by atoms with E-state index in [-0.39, 0.29) is 16.9 Å². The van der Waals surface area contributed by atoms with Crippen LogP contribution in [0.1, 0.15) is 67.9 Å². The second-order valence-electron chi connectivity index (χ2n) is 8.51. The van der Waals surface area contributed by atoms with Crippen molar-refractivity contribution in [1.82, 2.24) is 29.6 Å². The van der Waals surface area contributed by atoms with Gasteiger partial charge in [0.1, 0.15) is 18.5 Å². The summed E-state index contributed by atoms with van der Waals surface area (Å²) in [5.41, 5.74) is 1.75. The van der Waals surface area contributed by atoms with E-state index >= 15 is 0 Å². The Bertz CT molecular complexity index is 933. The highest BCUT2D eigenvalue weighted by molar-refractivity contribution is 5.76. The molecule has 1 saturated heterocycles. The molecule has 0 aromatic carbocycles. The average molecular weight is 382 g/mol. The van der Waals surface area contributed by atoms with Crippen molar-refractivity contribution in [2.24, 2.45) is 0 Å². The van der Waals surface area contributed by atoms with E-state index in [0.717, 1.165) is 68.6 Å². The zero-order chi connectivity index (χ0) is 19.1. The van der Waals surface area contributed by atoms with Crippen LogP contribution in [0.25, 0.3) is 0 Å². The van der Waals surface area contributed by atoms with Crippen LogP contribution in [-0.4, -0.2) is 48.6 Å². The first kappa shape index (κ1) is 17.6. The molecule has 5 rings (SSSR count). The largest absolute Gasteiger partial charge is 0.342 e. The summed E-state index contributed by atoms with van der Waals surface area (Å²) >= 11 is 0. The molecule has 2 fully saturated rings. The number of aryl methyl sites for hydroxylation is 1. The van der Waals surface area contributed by atoms with E-state index in [1.165, 1.54) is 6.33 Å². The van der Waals surface area contributed by atoms with Crippen LogP contribution < -0.4 is 5.56 Å². The molecule has 28 heavy (non-hydrogen) atoms. The number of fused-ring (bicyclic) bond motifs is 2. The standard InChI is InChI=1S/C20H26N6O2/c27-16(3-1-10-26-13-21-12-22-26)25-9-2-7-20(11-25)8-6-15-17(20)23-18(14-4-5-14)24-19(15)28/h12-14H,1-11H2,(H,23,24,28). The molecule has 148 valence electrons. The lowest BCUT2D eigenvalue weighted by Crippen LogP contribution is -2.48. The first-order valence-corrected chi connectivity index (χ1v) is 10.4. The van der Waals surface area contributed by atoms with Crippen molar-refractivity contribution in [2.45, 2.75) is 69.2 Å². The number of nitrogens with one attached hydrogen (secondary N) is 1. The van der Waals surface area contributed by atoms with E-state index in [0.29, 0.717) is 25.4 Å². The number of rotatable bonds is 5. The maximum atomic E-state index is 12.8. The van der Waals surface area contributed by atoms with Gasteiger partial charge in [-0.2, -0.15) is 5.10 Å². The van der Waals surface area contributed by atoms with Crippen LogP contribution in [0, 0.1) is 0 Å². The predicted octanol–water partition coefficient (Wildman–Crippen LogP) is 1.53. The predicted molar refractivity (Wildman–Crippen MR) is 102 cm³/mol. The van der Waals surface area contributed by atoms with Crippen LogP contribution in [0.15, 0.2) is 17.4 Å². The molecule has 1 spiro atoms. The quantitative estimate of drug-likeness (QED) is 0.846. The minimum Gasteiger partial charge on any atom is -0.342 e. The summed E-state index contributed by atoms with van der Waals surface area (Å²) in [5.74, 6) is 1.48. The third-order valence-corrected chi connectivity index (χ3v) is 6.53. The van der Waals surface area contributed by atoms with Gasteiger partial charge in [-0.1, -0.05) is 0 Å². The molecule has 0 radical (unpaired) electrons. The highest BCUT2D eigenvalue weighted by atomic mass is 16.2. The Morgan fingerprint density at radius 3 is 3.00 bits per heavy atom. The van der Waals surface area contributed by atoms with Gasteiger partial charge in [-0.15, -0.1) is 0 Å². The molecule has 1 unspecified atom stereocenters. The number of piperidine rings is 1. The number of hydrogen-bond donors (Lipinski definition) is 1. The number of aromatic amines is 1. The first-order chi connectivity index (χ1) is 13.6. The van der Waals surface area contributed by atoms with Gasteiger partial charge in [0.25, 0.3) is 5.56 Å².